The molecule has 5 heteroatoms. The molecule has 2 nitrogen and oxygen atoms in total. The second kappa shape index (κ2) is 11.7. The van der Waals surface area contributed by atoms with Crippen LogP contribution in [0.1, 0.15) is 0 Å². The van der Waals surface area contributed by atoms with Crippen molar-refractivity contribution in [1.82, 2.24) is 0 Å². The van der Waals surface area contributed by atoms with Gasteiger partial charge in [0.1, 0.15) is 11.2 Å². The van der Waals surface area contributed by atoms with E-state index in [1.807, 2.05) is 41.7 Å². The van der Waals surface area contributed by atoms with Crippen LogP contribution < -0.4 is 4.90 Å². The van der Waals surface area contributed by atoms with Crippen LogP contribution in [0.25, 0.3) is 53.2 Å². The van der Waals surface area contributed by atoms with E-state index < -0.39 is 0 Å². The normalized spacial score (nSPS) is 11.6. The molecule has 2 heterocycles. The highest BCUT2D eigenvalue weighted by Gasteiger charge is 2.16. The van der Waals surface area contributed by atoms with E-state index in [2.05, 4.69) is 132 Å². The van der Waals surface area contributed by atoms with Gasteiger partial charge in [0, 0.05) is 68.4 Å². The average molecular weight is 660 g/mol. The van der Waals surface area contributed by atoms with E-state index in [9.17, 15) is 0 Å². The zero-order chi connectivity index (χ0) is 31.3. The summed E-state index contributed by atoms with van der Waals surface area (Å²) < 4.78 is 8.94. The van der Waals surface area contributed by atoms with E-state index in [1.165, 1.54) is 20.2 Å². The topological polar surface area (TPSA) is 16.4 Å². The van der Waals surface area contributed by atoms with Gasteiger partial charge in [0.25, 0.3) is 0 Å². The summed E-state index contributed by atoms with van der Waals surface area (Å²) in [6.45, 7) is 0. The SMILES string of the molecule is Clc1cc(Sc2ccc(N(c3ccccc3)c3ccc4sc5ccccc5c4c3)cc2)cc(-c2cccc3c2oc2ccccc23)c1. The van der Waals surface area contributed by atoms with Crippen LogP contribution in [-0.2, 0) is 0 Å². The van der Waals surface area contributed by atoms with Gasteiger partial charge in [-0.1, -0.05) is 96.2 Å². The van der Waals surface area contributed by atoms with Crippen molar-refractivity contribution in [3.63, 3.8) is 0 Å². The molecule has 47 heavy (non-hydrogen) atoms. The van der Waals surface area contributed by atoms with Crippen LogP contribution in [0.15, 0.2) is 172 Å². The third kappa shape index (κ3) is 5.15. The van der Waals surface area contributed by atoms with Crippen molar-refractivity contribution < 1.29 is 4.42 Å². The number of fused-ring (bicyclic) bond motifs is 6. The predicted molar refractivity (Wildman–Crippen MR) is 202 cm³/mol. The molecule has 0 aliphatic carbocycles. The summed E-state index contributed by atoms with van der Waals surface area (Å²) in [5.41, 5.74) is 7.19. The number of anilines is 3. The van der Waals surface area contributed by atoms with Crippen LogP contribution in [-0.4, -0.2) is 0 Å². The van der Waals surface area contributed by atoms with Gasteiger partial charge < -0.3 is 9.32 Å². The molecule has 0 spiro atoms. The zero-order valence-corrected chi connectivity index (χ0v) is 27.4. The lowest BCUT2D eigenvalue weighted by molar-refractivity contribution is 0.670. The van der Waals surface area contributed by atoms with Gasteiger partial charge in [-0.15, -0.1) is 11.3 Å². The maximum atomic E-state index is 6.72. The van der Waals surface area contributed by atoms with Crippen LogP contribution in [0.4, 0.5) is 17.1 Å². The Bertz CT molecular complexity index is 2570. The molecule has 224 valence electrons. The Hall–Kier alpha value is -5.00. The van der Waals surface area contributed by atoms with Gasteiger partial charge in [0.15, 0.2) is 0 Å². The van der Waals surface area contributed by atoms with Crippen molar-refractivity contribution in [3.8, 4) is 11.1 Å². The third-order valence-corrected chi connectivity index (χ3v) is 10.9. The first-order chi connectivity index (χ1) is 23.2. The Kier molecular flexibility index (Phi) is 7.01. The van der Waals surface area contributed by atoms with Crippen LogP contribution in [0.2, 0.25) is 5.02 Å². The molecule has 0 radical (unpaired) electrons. The molecule has 0 N–H and O–H groups in total. The van der Waals surface area contributed by atoms with E-state index in [0.717, 1.165) is 59.9 Å². The average Bonchev–Trinajstić information content (AvgIpc) is 3.68. The van der Waals surface area contributed by atoms with Crippen LogP contribution in [0.3, 0.4) is 0 Å². The Morgan fingerprint density at radius 1 is 0.511 bits per heavy atom. The first-order valence-electron chi connectivity index (χ1n) is 15.4. The van der Waals surface area contributed by atoms with Crippen molar-refractivity contribution in [2.45, 2.75) is 9.79 Å². The molecule has 0 atom stereocenters. The van der Waals surface area contributed by atoms with E-state index in [1.54, 1.807) is 11.8 Å². The first kappa shape index (κ1) is 28.2. The second-order valence-corrected chi connectivity index (χ2v) is 14.2. The minimum Gasteiger partial charge on any atom is -0.455 e. The van der Waals surface area contributed by atoms with Gasteiger partial charge in [-0.3, -0.25) is 0 Å². The predicted octanol–water partition coefficient (Wildman–Crippen LogP) is 13.9. The number of nitrogens with zero attached hydrogens (tertiary/aromatic N) is 1. The molecule has 0 unspecified atom stereocenters. The van der Waals surface area contributed by atoms with Gasteiger partial charge in [-0.25, -0.2) is 0 Å². The summed E-state index contributed by atoms with van der Waals surface area (Å²) in [6, 6.07) is 55.5. The van der Waals surface area contributed by atoms with Crippen LogP contribution >= 0.6 is 34.7 Å². The third-order valence-electron chi connectivity index (χ3n) is 8.55. The maximum Gasteiger partial charge on any atom is 0.143 e. The van der Waals surface area contributed by atoms with Crippen molar-refractivity contribution >= 4 is 93.9 Å². The molecule has 0 bridgehead atoms. The summed E-state index contributed by atoms with van der Waals surface area (Å²) in [5, 5.41) is 5.51. The molecule has 0 fully saturated rings. The smallest absolute Gasteiger partial charge is 0.143 e. The van der Waals surface area contributed by atoms with Gasteiger partial charge >= 0.3 is 0 Å². The van der Waals surface area contributed by atoms with Crippen molar-refractivity contribution in [3.05, 3.63) is 163 Å². The Labute approximate surface area is 285 Å². The standard InChI is InChI=1S/C42H26ClNOS2/c43-28-23-27(34-13-8-14-37-35-11-4-6-15-39(35)45-42(34)37)24-33(25-28)46-32-20-17-30(18-21-32)44(29-9-2-1-3-10-29)31-19-22-41-38(26-31)36-12-5-7-16-40(36)47-41/h1-26H. The van der Waals surface area contributed by atoms with E-state index >= 15 is 0 Å². The molecule has 9 aromatic rings. The molecular formula is C42H26ClNOS2. The van der Waals surface area contributed by atoms with E-state index in [4.69, 9.17) is 16.0 Å². The number of furan rings is 1. The van der Waals surface area contributed by atoms with E-state index in [0.29, 0.717) is 5.02 Å². The van der Waals surface area contributed by atoms with Gasteiger partial charge in [0.2, 0.25) is 0 Å². The van der Waals surface area contributed by atoms with Crippen molar-refractivity contribution in [1.29, 1.82) is 0 Å². The molecule has 0 aliphatic rings. The highest BCUT2D eigenvalue weighted by Crippen LogP contribution is 2.42. The number of thiophene rings is 1. The van der Waals surface area contributed by atoms with Gasteiger partial charge in [-0.2, -0.15) is 0 Å². The highest BCUT2D eigenvalue weighted by molar-refractivity contribution is 7.99. The fraction of sp³-hybridized carbons (Fsp3) is 0. The summed E-state index contributed by atoms with van der Waals surface area (Å²) in [5.74, 6) is 0. The number of rotatable bonds is 6. The lowest BCUT2D eigenvalue weighted by Crippen LogP contribution is -2.09. The summed E-state index contributed by atoms with van der Waals surface area (Å²) in [6.07, 6.45) is 0. The monoisotopic (exact) mass is 659 g/mol. The fourth-order valence-electron chi connectivity index (χ4n) is 6.43. The Morgan fingerprint density at radius 3 is 2.09 bits per heavy atom. The summed E-state index contributed by atoms with van der Waals surface area (Å²) >= 11 is 10.3. The number of hydrogen-bond donors (Lipinski definition) is 0. The maximum absolute atomic E-state index is 6.72. The summed E-state index contributed by atoms with van der Waals surface area (Å²) in [7, 11) is 0. The zero-order valence-electron chi connectivity index (χ0n) is 25.1. The molecule has 9 rings (SSSR count). The Balaban J connectivity index is 1.06. The number of para-hydroxylation sites is 3. The molecule has 0 saturated heterocycles. The first-order valence-corrected chi connectivity index (χ1v) is 17.4. The van der Waals surface area contributed by atoms with Crippen LogP contribution in [0, 0.1) is 0 Å². The van der Waals surface area contributed by atoms with Crippen LogP contribution in [0.5, 0.6) is 0 Å². The minimum absolute atomic E-state index is 0.696. The number of hydrogen-bond acceptors (Lipinski definition) is 4. The van der Waals surface area contributed by atoms with Crippen molar-refractivity contribution in [2.24, 2.45) is 0 Å². The molecule has 2 aromatic heterocycles. The summed E-state index contributed by atoms with van der Waals surface area (Å²) in [4.78, 5) is 4.53. The van der Waals surface area contributed by atoms with Gasteiger partial charge in [-0.05, 0) is 90.5 Å². The molecule has 0 aliphatic heterocycles. The lowest BCUT2D eigenvalue weighted by Gasteiger charge is -2.25. The Morgan fingerprint density at radius 2 is 1.21 bits per heavy atom. The second-order valence-electron chi connectivity index (χ2n) is 11.5. The molecule has 0 saturated carbocycles. The van der Waals surface area contributed by atoms with E-state index in [-0.39, 0.29) is 0 Å². The molecule has 7 aromatic carbocycles. The number of halogens is 1. The number of benzene rings is 7. The largest absolute Gasteiger partial charge is 0.455 e. The highest BCUT2D eigenvalue weighted by atomic mass is 35.5. The lowest BCUT2D eigenvalue weighted by atomic mass is 10.0. The molecular weight excluding hydrogens is 634 g/mol. The fourth-order valence-corrected chi connectivity index (χ4v) is 8.73. The minimum atomic E-state index is 0.696. The quantitative estimate of drug-likeness (QED) is 0.177. The molecule has 0 amide bonds. The van der Waals surface area contributed by atoms with Crippen molar-refractivity contribution in [2.75, 3.05) is 4.90 Å². The van der Waals surface area contributed by atoms with Gasteiger partial charge in [0.05, 0.1) is 0 Å².